The number of aryl methyl sites for hydroxylation is 1. The molecule has 33 heavy (non-hydrogen) atoms. The van der Waals surface area contributed by atoms with Gasteiger partial charge < -0.3 is 19.7 Å². The lowest BCUT2D eigenvalue weighted by Gasteiger charge is -2.35. The first-order valence-electron chi connectivity index (χ1n) is 11.2. The maximum absolute atomic E-state index is 13.1. The standard InChI is InChI=1S/C26H28N4O3/c1-2-20-10-12-22(13-11-20)27-24(31)19-30-14-6-9-23(30)26(33)29-17-15-28(16-18-29)25(32)21-7-4-3-5-8-21/h3-14H,2,15-19H2,1H3,(H,27,31). The molecule has 2 aromatic carbocycles. The number of anilines is 1. The fourth-order valence-electron chi connectivity index (χ4n) is 3.96. The highest BCUT2D eigenvalue weighted by Gasteiger charge is 2.27. The van der Waals surface area contributed by atoms with E-state index in [9.17, 15) is 14.4 Å². The quantitative estimate of drug-likeness (QED) is 0.634. The Kier molecular flexibility index (Phi) is 6.88. The summed E-state index contributed by atoms with van der Waals surface area (Å²) in [5, 5.41) is 2.88. The zero-order chi connectivity index (χ0) is 23.2. The number of piperazine rings is 1. The van der Waals surface area contributed by atoms with Crippen LogP contribution in [-0.2, 0) is 17.8 Å². The minimum absolute atomic E-state index is 0.0188. The number of hydrogen-bond donors (Lipinski definition) is 1. The average Bonchev–Trinajstić information content (AvgIpc) is 3.32. The molecule has 1 N–H and O–H groups in total. The third kappa shape index (κ3) is 5.31. The smallest absolute Gasteiger partial charge is 0.270 e. The van der Waals surface area contributed by atoms with Crippen molar-refractivity contribution < 1.29 is 14.4 Å². The summed E-state index contributed by atoms with van der Waals surface area (Å²) in [6, 6.07) is 20.4. The third-order valence-corrected chi connectivity index (χ3v) is 5.88. The fraction of sp³-hybridized carbons (Fsp3) is 0.269. The monoisotopic (exact) mass is 444 g/mol. The second-order valence-electron chi connectivity index (χ2n) is 8.07. The van der Waals surface area contributed by atoms with Gasteiger partial charge in [-0.25, -0.2) is 0 Å². The molecule has 1 fully saturated rings. The molecule has 1 aliphatic rings. The lowest BCUT2D eigenvalue weighted by atomic mass is 10.1. The van der Waals surface area contributed by atoms with E-state index in [1.165, 1.54) is 5.56 Å². The second kappa shape index (κ2) is 10.2. The van der Waals surface area contributed by atoms with Crippen molar-refractivity contribution >= 4 is 23.4 Å². The van der Waals surface area contributed by atoms with E-state index < -0.39 is 0 Å². The molecule has 7 nitrogen and oxygen atoms in total. The Hall–Kier alpha value is -3.87. The highest BCUT2D eigenvalue weighted by molar-refractivity contribution is 5.96. The SMILES string of the molecule is CCc1ccc(NC(=O)Cn2cccc2C(=O)N2CCN(C(=O)c3ccccc3)CC2)cc1. The molecule has 0 saturated carbocycles. The Morgan fingerprint density at radius 2 is 1.42 bits per heavy atom. The van der Waals surface area contributed by atoms with Gasteiger partial charge in [-0.1, -0.05) is 37.3 Å². The molecular weight excluding hydrogens is 416 g/mol. The number of rotatable bonds is 6. The van der Waals surface area contributed by atoms with Crippen LogP contribution >= 0.6 is 0 Å². The Bertz CT molecular complexity index is 1110. The summed E-state index contributed by atoms with van der Waals surface area (Å²) in [4.78, 5) is 41.8. The van der Waals surface area contributed by atoms with Gasteiger partial charge in [0.25, 0.3) is 11.8 Å². The van der Waals surface area contributed by atoms with Gasteiger partial charge in [-0.3, -0.25) is 14.4 Å². The predicted molar refractivity (Wildman–Crippen MR) is 127 cm³/mol. The van der Waals surface area contributed by atoms with Gasteiger partial charge in [0.1, 0.15) is 12.2 Å². The third-order valence-electron chi connectivity index (χ3n) is 5.88. The summed E-state index contributed by atoms with van der Waals surface area (Å²) in [7, 11) is 0. The molecule has 0 atom stereocenters. The molecule has 7 heteroatoms. The lowest BCUT2D eigenvalue weighted by molar-refractivity contribution is -0.116. The van der Waals surface area contributed by atoms with Crippen molar-refractivity contribution in [2.24, 2.45) is 0 Å². The Morgan fingerprint density at radius 3 is 2.06 bits per heavy atom. The highest BCUT2D eigenvalue weighted by atomic mass is 16.2. The number of aromatic nitrogens is 1. The molecule has 1 aromatic heterocycles. The van der Waals surface area contributed by atoms with Gasteiger partial charge in [0.15, 0.2) is 0 Å². The van der Waals surface area contributed by atoms with Gasteiger partial charge in [-0.05, 0) is 48.4 Å². The number of hydrogen-bond acceptors (Lipinski definition) is 3. The van der Waals surface area contributed by atoms with Crippen LogP contribution in [0, 0.1) is 0 Å². The predicted octanol–water partition coefficient (Wildman–Crippen LogP) is 3.29. The van der Waals surface area contributed by atoms with E-state index in [0.717, 1.165) is 12.1 Å². The van der Waals surface area contributed by atoms with E-state index in [0.29, 0.717) is 37.4 Å². The van der Waals surface area contributed by atoms with Crippen LogP contribution in [-0.4, -0.2) is 58.3 Å². The van der Waals surface area contributed by atoms with E-state index in [1.807, 2.05) is 42.5 Å². The Labute approximate surface area is 193 Å². The number of nitrogens with one attached hydrogen (secondary N) is 1. The van der Waals surface area contributed by atoms with Crippen molar-refractivity contribution in [1.29, 1.82) is 0 Å². The summed E-state index contributed by atoms with van der Waals surface area (Å²) < 4.78 is 1.67. The van der Waals surface area contributed by atoms with Crippen LogP contribution in [0.4, 0.5) is 5.69 Å². The maximum atomic E-state index is 13.1. The van der Waals surface area contributed by atoms with Crippen LogP contribution in [0.1, 0.15) is 33.3 Å². The molecule has 0 bridgehead atoms. The first-order valence-corrected chi connectivity index (χ1v) is 11.2. The van der Waals surface area contributed by atoms with E-state index in [-0.39, 0.29) is 24.3 Å². The van der Waals surface area contributed by atoms with Crippen molar-refractivity contribution in [3.63, 3.8) is 0 Å². The average molecular weight is 445 g/mol. The van der Waals surface area contributed by atoms with Crippen LogP contribution in [0.15, 0.2) is 72.9 Å². The van der Waals surface area contributed by atoms with E-state index in [2.05, 4.69) is 12.2 Å². The minimum Gasteiger partial charge on any atom is -0.335 e. The second-order valence-corrected chi connectivity index (χ2v) is 8.07. The van der Waals surface area contributed by atoms with Crippen LogP contribution in [0.2, 0.25) is 0 Å². The zero-order valence-electron chi connectivity index (χ0n) is 18.7. The Balaban J connectivity index is 1.34. The topological polar surface area (TPSA) is 74.7 Å². The largest absolute Gasteiger partial charge is 0.335 e. The summed E-state index contributed by atoms with van der Waals surface area (Å²) >= 11 is 0. The van der Waals surface area contributed by atoms with Crippen molar-refractivity contribution in [3.8, 4) is 0 Å². The molecule has 2 heterocycles. The van der Waals surface area contributed by atoms with E-state index in [1.54, 1.807) is 44.8 Å². The molecule has 4 rings (SSSR count). The van der Waals surface area contributed by atoms with E-state index >= 15 is 0 Å². The maximum Gasteiger partial charge on any atom is 0.270 e. The normalized spacial score (nSPS) is 13.6. The minimum atomic E-state index is -0.192. The first-order chi connectivity index (χ1) is 16.0. The fourth-order valence-corrected chi connectivity index (χ4v) is 3.96. The number of carbonyl (C=O) groups excluding carboxylic acids is 3. The van der Waals surface area contributed by atoms with Crippen LogP contribution in [0.25, 0.3) is 0 Å². The van der Waals surface area contributed by atoms with Crippen molar-refractivity contribution in [3.05, 3.63) is 89.7 Å². The van der Waals surface area contributed by atoms with Crippen molar-refractivity contribution in [1.82, 2.24) is 14.4 Å². The molecule has 0 unspecified atom stereocenters. The molecule has 1 saturated heterocycles. The first kappa shape index (κ1) is 22.3. The molecule has 0 aliphatic carbocycles. The molecule has 0 radical (unpaired) electrons. The highest BCUT2D eigenvalue weighted by Crippen LogP contribution is 2.14. The van der Waals surface area contributed by atoms with Crippen LogP contribution in [0.3, 0.4) is 0 Å². The molecule has 3 amide bonds. The lowest BCUT2D eigenvalue weighted by Crippen LogP contribution is -2.51. The molecule has 1 aliphatic heterocycles. The van der Waals surface area contributed by atoms with Gasteiger partial charge >= 0.3 is 0 Å². The summed E-state index contributed by atoms with van der Waals surface area (Å²) in [5.41, 5.74) is 3.06. The van der Waals surface area contributed by atoms with Crippen molar-refractivity contribution in [2.45, 2.75) is 19.9 Å². The zero-order valence-corrected chi connectivity index (χ0v) is 18.7. The number of amides is 3. The summed E-state index contributed by atoms with van der Waals surface area (Å²) in [6.45, 7) is 4.01. The van der Waals surface area contributed by atoms with Gasteiger partial charge in [0.2, 0.25) is 5.91 Å². The van der Waals surface area contributed by atoms with Crippen LogP contribution < -0.4 is 5.32 Å². The Morgan fingerprint density at radius 1 is 0.788 bits per heavy atom. The van der Waals surface area contributed by atoms with Gasteiger partial charge in [-0.15, -0.1) is 0 Å². The number of nitrogens with zero attached hydrogens (tertiary/aromatic N) is 3. The molecule has 0 spiro atoms. The number of benzene rings is 2. The summed E-state index contributed by atoms with van der Waals surface area (Å²) in [6.07, 6.45) is 2.68. The molecular formula is C26H28N4O3. The van der Waals surface area contributed by atoms with Gasteiger partial charge in [-0.2, -0.15) is 0 Å². The van der Waals surface area contributed by atoms with Gasteiger partial charge in [0, 0.05) is 43.6 Å². The molecule has 3 aromatic rings. The van der Waals surface area contributed by atoms with Crippen LogP contribution in [0.5, 0.6) is 0 Å². The van der Waals surface area contributed by atoms with Crippen molar-refractivity contribution in [2.75, 3.05) is 31.5 Å². The summed E-state index contributed by atoms with van der Waals surface area (Å²) in [5.74, 6) is -0.343. The molecule has 170 valence electrons. The van der Waals surface area contributed by atoms with Gasteiger partial charge in [0.05, 0.1) is 0 Å². The van der Waals surface area contributed by atoms with E-state index in [4.69, 9.17) is 0 Å². The number of carbonyl (C=O) groups is 3.